The summed E-state index contributed by atoms with van der Waals surface area (Å²) in [4.78, 5) is 0. The van der Waals surface area contributed by atoms with Crippen molar-refractivity contribution in [1.29, 1.82) is 0 Å². The molecule has 0 aromatic rings. The van der Waals surface area contributed by atoms with Gasteiger partial charge < -0.3 is 10.4 Å². The maximum Gasteiger partial charge on any atom is 0.111 e. The Kier molecular flexibility index (Phi) is 3.83. The molecule has 0 spiro atoms. The van der Waals surface area contributed by atoms with Gasteiger partial charge in [0.05, 0.1) is 0 Å². The molecule has 2 N–H and O–H groups in total. The third-order valence-electron chi connectivity index (χ3n) is 6.63. The number of rotatable bonds is 2. The number of nitrogens with one attached hydrogen (secondary N) is 1. The van der Waals surface area contributed by atoms with Crippen LogP contribution in [0.1, 0.15) is 57.8 Å². The first kappa shape index (κ1) is 13.9. The van der Waals surface area contributed by atoms with Gasteiger partial charge in [0.15, 0.2) is 0 Å². The zero-order valence-corrected chi connectivity index (χ0v) is 13.0. The van der Waals surface area contributed by atoms with Gasteiger partial charge in [-0.05, 0) is 74.3 Å². The lowest BCUT2D eigenvalue weighted by molar-refractivity contribution is 0.171. The highest BCUT2D eigenvalue weighted by Gasteiger charge is 2.47. The second kappa shape index (κ2) is 5.79. The van der Waals surface area contributed by atoms with Gasteiger partial charge in [-0.1, -0.05) is 25.3 Å². The first-order valence-electron chi connectivity index (χ1n) is 9.14. The number of aliphatic hydroxyl groups is 1. The summed E-state index contributed by atoms with van der Waals surface area (Å²) >= 11 is 0. The zero-order valence-electron chi connectivity index (χ0n) is 13.0. The van der Waals surface area contributed by atoms with Crippen LogP contribution in [0, 0.1) is 23.7 Å². The van der Waals surface area contributed by atoms with Gasteiger partial charge in [0, 0.05) is 12.1 Å². The molecule has 3 fully saturated rings. The summed E-state index contributed by atoms with van der Waals surface area (Å²) in [5.74, 6) is 3.91. The fourth-order valence-electron chi connectivity index (χ4n) is 5.67. The molecule has 2 saturated carbocycles. The van der Waals surface area contributed by atoms with Crippen LogP contribution in [0.4, 0.5) is 0 Å². The molecule has 0 bridgehead atoms. The van der Waals surface area contributed by atoms with Gasteiger partial charge in [-0.3, -0.25) is 0 Å². The minimum Gasteiger partial charge on any atom is -0.508 e. The fraction of sp³-hybridized carbons (Fsp3) is 0.789. The molecular formula is C19H29NO. The molecule has 4 rings (SSSR count). The maximum atomic E-state index is 9.49. The van der Waals surface area contributed by atoms with E-state index in [-0.39, 0.29) is 0 Å². The number of fused-ring (bicyclic) bond motifs is 3. The monoisotopic (exact) mass is 287 g/mol. The third kappa shape index (κ3) is 2.67. The minimum atomic E-state index is 0.456. The van der Waals surface area contributed by atoms with Crippen molar-refractivity contribution in [3.63, 3.8) is 0 Å². The van der Waals surface area contributed by atoms with E-state index in [1.807, 2.05) is 12.2 Å². The molecule has 0 aromatic carbocycles. The predicted molar refractivity (Wildman–Crippen MR) is 86.1 cm³/mol. The Morgan fingerprint density at radius 3 is 2.76 bits per heavy atom. The topological polar surface area (TPSA) is 32.3 Å². The van der Waals surface area contributed by atoms with E-state index in [9.17, 15) is 5.11 Å². The number of allylic oxidation sites excluding steroid dienone is 3. The van der Waals surface area contributed by atoms with E-state index in [0.29, 0.717) is 11.7 Å². The fourth-order valence-corrected chi connectivity index (χ4v) is 5.67. The molecule has 2 nitrogen and oxygen atoms in total. The van der Waals surface area contributed by atoms with E-state index in [2.05, 4.69) is 11.4 Å². The first-order chi connectivity index (χ1) is 10.3. The van der Waals surface area contributed by atoms with Gasteiger partial charge in [0.25, 0.3) is 0 Å². The average molecular weight is 287 g/mol. The molecule has 116 valence electrons. The molecule has 5 unspecified atom stereocenters. The summed E-state index contributed by atoms with van der Waals surface area (Å²) in [6, 6.07) is 1.62. The van der Waals surface area contributed by atoms with Crippen LogP contribution in [0.5, 0.6) is 0 Å². The van der Waals surface area contributed by atoms with Crippen LogP contribution in [-0.4, -0.2) is 17.2 Å². The van der Waals surface area contributed by atoms with E-state index in [4.69, 9.17) is 0 Å². The Morgan fingerprint density at radius 1 is 1.05 bits per heavy atom. The van der Waals surface area contributed by atoms with Crippen molar-refractivity contribution in [2.75, 3.05) is 0 Å². The van der Waals surface area contributed by atoms with Crippen molar-refractivity contribution < 1.29 is 5.11 Å². The Morgan fingerprint density at radius 2 is 1.90 bits per heavy atom. The highest BCUT2D eigenvalue weighted by molar-refractivity contribution is 5.17. The van der Waals surface area contributed by atoms with Crippen LogP contribution in [0.15, 0.2) is 24.0 Å². The Balaban J connectivity index is 1.43. The van der Waals surface area contributed by atoms with Crippen molar-refractivity contribution >= 4 is 0 Å². The summed E-state index contributed by atoms with van der Waals surface area (Å²) in [7, 11) is 0. The van der Waals surface area contributed by atoms with Crippen molar-refractivity contribution in [3.8, 4) is 0 Å². The van der Waals surface area contributed by atoms with Gasteiger partial charge in [0.2, 0.25) is 0 Å². The molecule has 1 heterocycles. The highest BCUT2D eigenvalue weighted by atomic mass is 16.3. The second-order valence-electron chi connectivity index (χ2n) is 7.82. The first-order valence-corrected chi connectivity index (χ1v) is 9.14. The summed E-state index contributed by atoms with van der Waals surface area (Å²) in [6.45, 7) is 0. The predicted octanol–water partition coefficient (Wildman–Crippen LogP) is 4.34. The molecular weight excluding hydrogens is 258 g/mol. The summed E-state index contributed by atoms with van der Waals surface area (Å²) < 4.78 is 0. The lowest BCUT2D eigenvalue weighted by Gasteiger charge is -2.37. The quantitative estimate of drug-likeness (QED) is 0.792. The van der Waals surface area contributed by atoms with E-state index in [0.717, 1.165) is 36.3 Å². The molecule has 1 saturated heterocycles. The Labute approximate surface area is 128 Å². The van der Waals surface area contributed by atoms with Crippen molar-refractivity contribution in [3.05, 3.63) is 24.0 Å². The smallest absolute Gasteiger partial charge is 0.111 e. The molecule has 3 aliphatic carbocycles. The number of hydrogen-bond acceptors (Lipinski definition) is 2. The molecule has 0 aromatic heterocycles. The lowest BCUT2D eigenvalue weighted by atomic mass is 9.68. The SMILES string of the molecule is OC1=CCC(CC2CCCC3C2N[C@H]2CCCCC32)C=C1. The van der Waals surface area contributed by atoms with Gasteiger partial charge in [-0.2, -0.15) is 0 Å². The van der Waals surface area contributed by atoms with E-state index in [1.165, 1.54) is 51.4 Å². The Bertz CT molecular complexity index is 441. The highest BCUT2D eigenvalue weighted by Crippen LogP contribution is 2.47. The summed E-state index contributed by atoms with van der Waals surface area (Å²) in [5, 5.41) is 13.5. The third-order valence-corrected chi connectivity index (χ3v) is 6.63. The van der Waals surface area contributed by atoms with Crippen LogP contribution < -0.4 is 5.32 Å². The average Bonchev–Trinajstić information content (AvgIpc) is 2.89. The standard InChI is InChI=1S/C19H29NO/c21-15-10-8-13(9-11-15)12-14-4-3-6-17-16-5-1-2-7-18(16)20-19(14)17/h8,10-11,13-14,16-21H,1-7,9,12H2/t13?,14?,16?,17?,18-,19?/m0/s1. The molecule has 21 heavy (non-hydrogen) atoms. The van der Waals surface area contributed by atoms with Gasteiger partial charge >= 0.3 is 0 Å². The lowest BCUT2D eigenvalue weighted by Crippen LogP contribution is -2.41. The summed E-state index contributed by atoms with van der Waals surface area (Å²) in [5.41, 5.74) is 0. The normalized spacial score (nSPS) is 45.8. The second-order valence-corrected chi connectivity index (χ2v) is 7.82. The van der Waals surface area contributed by atoms with Crippen LogP contribution in [0.3, 0.4) is 0 Å². The molecule has 0 amide bonds. The van der Waals surface area contributed by atoms with Crippen molar-refractivity contribution in [2.45, 2.75) is 69.9 Å². The molecule has 2 heteroatoms. The van der Waals surface area contributed by atoms with Gasteiger partial charge in [-0.15, -0.1) is 0 Å². The molecule has 6 atom stereocenters. The molecule has 0 radical (unpaired) electrons. The van der Waals surface area contributed by atoms with Gasteiger partial charge in [-0.25, -0.2) is 0 Å². The van der Waals surface area contributed by atoms with E-state index in [1.54, 1.807) is 0 Å². The van der Waals surface area contributed by atoms with Crippen LogP contribution in [-0.2, 0) is 0 Å². The number of aliphatic hydroxyl groups excluding tert-OH is 1. The zero-order chi connectivity index (χ0) is 14.2. The van der Waals surface area contributed by atoms with Crippen LogP contribution >= 0.6 is 0 Å². The van der Waals surface area contributed by atoms with Gasteiger partial charge in [0.1, 0.15) is 5.76 Å². The van der Waals surface area contributed by atoms with Crippen LogP contribution in [0.2, 0.25) is 0 Å². The van der Waals surface area contributed by atoms with Crippen LogP contribution in [0.25, 0.3) is 0 Å². The minimum absolute atomic E-state index is 0.456. The van der Waals surface area contributed by atoms with Crippen molar-refractivity contribution in [2.24, 2.45) is 23.7 Å². The van der Waals surface area contributed by atoms with Crippen molar-refractivity contribution in [1.82, 2.24) is 5.32 Å². The Hall–Kier alpha value is -0.760. The van der Waals surface area contributed by atoms with E-state index >= 15 is 0 Å². The number of hydrogen-bond donors (Lipinski definition) is 2. The summed E-state index contributed by atoms with van der Waals surface area (Å²) in [6.07, 6.45) is 18.6. The van der Waals surface area contributed by atoms with E-state index < -0.39 is 0 Å². The molecule has 4 aliphatic rings. The maximum absolute atomic E-state index is 9.49. The largest absolute Gasteiger partial charge is 0.508 e. The molecule has 1 aliphatic heterocycles.